The van der Waals surface area contributed by atoms with Crippen molar-refractivity contribution in [2.75, 3.05) is 0 Å². The minimum atomic E-state index is -2.54. The maximum Gasteiger partial charge on any atom is 0.345 e. The van der Waals surface area contributed by atoms with Gasteiger partial charge in [-0.05, 0) is 11.6 Å². The van der Waals surface area contributed by atoms with E-state index in [2.05, 4.69) is 15.9 Å². The normalized spacial score (nSPS) is 11.7. The van der Waals surface area contributed by atoms with Crippen LogP contribution >= 0.6 is 49.2 Å². The number of hydrogen-bond acceptors (Lipinski definition) is 0. The third kappa shape index (κ3) is 3.67. The summed E-state index contributed by atoms with van der Waals surface area (Å²) in [5.41, 5.74) is 1.06. The molecule has 66 valence electrons. The molecule has 0 aliphatic carbocycles. The fourth-order valence-corrected chi connectivity index (χ4v) is 3.58. The highest BCUT2D eigenvalue weighted by Crippen LogP contribution is 2.28. The molecule has 0 nitrogen and oxygen atoms in total. The lowest BCUT2D eigenvalue weighted by Crippen LogP contribution is -2.14. The zero-order valence-corrected chi connectivity index (χ0v) is 10.9. The van der Waals surface area contributed by atoms with Crippen LogP contribution in [0.1, 0.15) is 5.56 Å². The first-order valence-corrected chi connectivity index (χ1v) is 9.33. The van der Waals surface area contributed by atoms with Crippen LogP contribution in [0.25, 0.3) is 0 Å². The van der Waals surface area contributed by atoms with E-state index >= 15 is 0 Å². The lowest BCUT2D eigenvalue weighted by molar-refractivity contribution is 1.35. The van der Waals surface area contributed by atoms with Crippen molar-refractivity contribution in [1.82, 2.24) is 0 Å². The predicted octanol–water partition coefficient (Wildman–Crippen LogP) is 4.19. The summed E-state index contributed by atoms with van der Waals surface area (Å²) in [7, 11) is 0. The first-order valence-electron chi connectivity index (χ1n) is 3.29. The standard InChI is InChI=1S/C7H6BrCl3Si/c8-7-4-2-1-3-6(7)5-12(9,10)11/h1-4H,5H2. The van der Waals surface area contributed by atoms with E-state index in [9.17, 15) is 0 Å². The van der Waals surface area contributed by atoms with Gasteiger partial charge in [0, 0.05) is 10.5 Å². The molecule has 0 amide bonds. The Hall–Kier alpha value is 0.787. The van der Waals surface area contributed by atoms with E-state index in [-0.39, 0.29) is 0 Å². The van der Waals surface area contributed by atoms with Crippen molar-refractivity contribution in [2.24, 2.45) is 0 Å². The average molecular weight is 304 g/mol. The molecular formula is C7H6BrCl3Si. The summed E-state index contributed by atoms with van der Waals surface area (Å²) in [6.07, 6.45) is 0. The molecule has 12 heavy (non-hydrogen) atoms. The zero-order chi connectivity index (χ0) is 9.19. The van der Waals surface area contributed by atoms with Gasteiger partial charge in [0.05, 0.1) is 0 Å². The average Bonchev–Trinajstić information content (AvgIpc) is 1.91. The maximum atomic E-state index is 5.79. The molecule has 0 bridgehead atoms. The molecule has 1 rings (SSSR count). The highest BCUT2D eigenvalue weighted by Gasteiger charge is 2.25. The molecule has 0 aliphatic rings. The van der Waals surface area contributed by atoms with Crippen LogP contribution in [0.2, 0.25) is 0 Å². The van der Waals surface area contributed by atoms with Crippen molar-refractivity contribution in [3.63, 3.8) is 0 Å². The number of hydrogen-bond donors (Lipinski definition) is 0. The van der Waals surface area contributed by atoms with Crippen LogP contribution in [0, 0.1) is 0 Å². The van der Waals surface area contributed by atoms with Crippen molar-refractivity contribution in [1.29, 1.82) is 0 Å². The number of rotatable bonds is 2. The summed E-state index contributed by atoms with van der Waals surface area (Å²) in [6.45, 7) is 0. The van der Waals surface area contributed by atoms with Crippen LogP contribution in [-0.4, -0.2) is 6.00 Å². The van der Waals surface area contributed by atoms with E-state index in [4.69, 9.17) is 33.2 Å². The predicted molar refractivity (Wildman–Crippen MR) is 61.2 cm³/mol. The van der Waals surface area contributed by atoms with E-state index in [0.29, 0.717) is 6.04 Å². The SMILES string of the molecule is Cl[Si](Cl)(Cl)Cc1ccccc1Br. The fraction of sp³-hybridized carbons (Fsp3) is 0.143. The first kappa shape index (κ1) is 10.9. The Morgan fingerprint density at radius 1 is 1.17 bits per heavy atom. The fourth-order valence-electron chi connectivity index (χ4n) is 0.858. The molecule has 0 aromatic heterocycles. The van der Waals surface area contributed by atoms with Gasteiger partial charge in [-0.3, -0.25) is 0 Å². The molecule has 0 atom stereocenters. The van der Waals surface area contributed by atoms with Crippen molar-refractivity contribution in [2.45, 2.75) is 6.04 Å². The van der Waals surface area contributed by atoms with Gasteiger partial charge in [0.15, 0.2) is 0 Å². The lowest BCUT2D eigenvalue weighted by Gasteiger charge is -2.08. The van der Waals surface area contributed by atoms with Gasteiger partial charge in [-0.2, -0.15) is 0 Å². The monoisotopic (exact) mass is 302 g/mol. The molecule has 0 fully saturated rings. The van der Waals surface area contributed by atoms with E-state index in [0.717, 1.165) is 10.0 Å². The smallest absolute Gasteiger partial charge is 0.126 e. The Morgan fingerprint density at radius 3 is 2.25 bits per heavy atom. The van der Waals surface area contributed by atoms with Gasteiger partial charge in [-0.15, -0.1) is 33.2 Å². The van der Waals surface area contributed by atoms with Crippen LogP contribution in [0.15, 0.2) is 28.7 Å². The van der Waals surface area contributed by atoms with E-state index in [1.807, 2.05) is 24.3 Å². The van der Waals surface area contributed by atoms with Gasteiger partial charge < -0.3 is 0 Å². The summed E-state index contributed by atoms with van der Waals surface area (Å²) in [5.74, 6) is 0. The minimum Gasteiger partial charge on any atom is -0.126 e. The zero-order valence-electron chi connectivity index (χ0n) is 6.03. The molecular weight excluding hydrogens is 298 g/mol. The van der Waals surface area contributed by atoms with Gasteiger partial charge in [0.1, 0.15) is 0 Å². The molecule has 1 aromatic rings. The topological polar surface area (TPSA) is 0 Å². The van der Waals surface area contributed by atoms with Crippen LogP contribution < -0.4 is 0 Å². The molecule has 1 aromatic carbocycles. The highest BCUT2D eigenvalue weighted by molar-refractivity contribution is 9.10. The Kier molecular flexibility index (Phi) is 3.93. The van der Waals surface area contributed by atoms with Crippen molar-refractivity contribution < 1.29 is 0 Å². The first-order chi connectivity index (χ1) is 5.49. The second-order valence-electron chi connectivity index (χ2n) is 2.38. The third-order valence-electron chi connectivity index (χ3n) is 1.35. The maximum absolute atomic E-state index is 5.79. The molecule has 0 heterocycles. The van der Waals surface area contributed by atoms with Crippen LogP contribution in [0.5, 0.6) is 0 Å². The second-order valence-corrected chi connectivity index (χ2v) is 12.4. The molecule has 0 saturated carbocycles. The largest absolute Gasteiger partial charge is 0.345 e. The van der Waals surface area contributed by atoms with Gasteiger partial charge in [-0.25, -0.2) is 0 Å². The Bertz CT molecular complexity index is 272. The van der Waals surface area contributed by atoms with Gasteiger partial charge in [0.25, 0.3) is 0 Å². The second kappa shape index (κ2) is 4.34. The Balaban J connectivity index is 2.83. The van der Waals surface area contributed by atoms with Crippen LogP contribution in [-0.2, 0) is 6.04 Å². The van der Waals surface area contributed by atoms with E-state index < -0.39 is 6.00 Å². The van der Waals surface area contributed by atoms with Crippen LogP contribution in [0.4, 0.5) is 0 Å². The molecule has 0 aliphatic heterocycles. The summed E-state index contributed by atoms with van der Waals surface area (Å²) in [5, 5.41) is 0. The lowest BCUT2D eigenvalue weighted by atomic mass is 10.2. The molecule has 0 spiro atoms. The Morgan fingerprint density at radius 2 is 1.75 bits per heavy atom. The van der Waals surface area contributed by atoms with Gasteiger partial charge in [-0.1, -0.05) is 34.1 Å². The van der Waals surface area contributed by atoms with Crippen molar-refractivity contribution in [3.8, 4) is 0 Å². The van der Waals surface area contributed by atoms with Gasteiger partial charge >= 0.3 is 6.00 Å². The third-order valence-corrected chi connectivity index (χ3v) is 4.11. The van der Waals surface area contributed by atoms with Gasteiger partial charge in [0.2, 0.25) is 0 Å². The van der Waals surface area contributed by atoms with E-state index in [1.54, 1.807) is 0 Å². The Labute approximate surface area is 95.1 Å². The number of benzene rings is 1. The molecule has 5 heteroatoms. The number of halogens is 4. The molecule has 0 saturated heterocycles. The summed E-state index contributed by atoms with van der Waals surface area (Å²) in [6, 6.07) is 5.79. The summed E-state index contributed by atoms with van der Waals surface area (Å²) in [4.78, 5) is 0. The van der Waals surface area contributed by atoms with E-state index in [1.165, 1.54) is 0 Å². The van der Waals surface area contributed by atoms with Crippen molar-refractivity contribution in [3.05, 3.63) is 34.3 Å². The quantitative estimate of drug-likeness (QED) is 0.568. The summed E-state index contributed by atoms with van der Waals surface area (Å²) < 4.78 is 1.00. The van der Waals surface area contributed by atoms with Crippen molar-refractivity contribution >= 4 is 55.2 Å². The summed E-state index contributed by atoms with van der Waals surface area (Å²) >= 11 is 20.8. The molecule has 0 radical (unpaired) electrons. The molecule has 0 N–H and O–H groups in total. The van der Waals surface area contributed by atoms with Crippen LogP contribution in [0.3, 0.4) is 0 Å². The molecule has 0 unspecified atom stereocenters. The minimum absolute atomic E-state index is 0.555. The highest BCUT2D eigenvalue weighted by atomic mass is 79.9.